The van der Waals surface area contributed by atoms with Gasteiger partial charge in [-0.15, -0.1) is 0 Å². The van der Waals surface area contributed by atoms with Crippen LogP contribution >= 0.6 is 11.8 Å². The number of rotatable bonds is 8. The normalized spacial score (nSPS) is 21.9. The third-order valence-corrected chi connectivity index (χ3v) is 6.33. The first-order chi connectivity index (χ1) is 13.9. The first kappa shape index (κ1) is 21.7. The van der Waals surface area contributed by atoms with Crippen molar-refractivity contribution in [3.8, 4) is 0 Å². The average molecular weight is 423 g/mol. The molecule has 1 aromatic rings. The second kappa shape index (κ2) is 9.67. The Hall–Kier alpha value is -2.00. The van der Waals surface area contributed by atoms with Crippen LogP contribution in [0.15, 0.2) is 16.4 Å². The van der Waals surface area contributed by atoms with E-state index in [0.29, 0.717) is 23.4 Å². The number of amides is 2. The smallest absolute Gasteiger partial charge is 0.337 e. The summed E-state index contributed by atoms with van der Waals surface area (Å²) in [6.45, 7) is 9.63. The van der Waals surface area contributed by atoms with Crippen LogP contribution < -0.4 is 10.6 Å². The molecule has 29 heavy (non-hydrogen) atoms. The van der Waals surface area contributed by atoms with Gasteiger partial charge in [-0.25, -0.2) is 14.6 Å². The van der Waals surface area contributed by atoms with Crippen LogP contribution in [0.25, 0.3) is 0 Å². The van der Waals surface area contributed by atoms with E-state index in [0.717, 1.165) is 42.5 Å². The minimum absolute atomic E-state index is 0.207. The van der Waals surface area contributed by atoms with Crippen molar-refractivity contribution in [2.45, 2.75) is 70.8 Å². The Morgan fingerprint density at radius 1 is 1.38 bits per heavy atom. The molecule has 160 valence electrons. The Morgan fingerprint density at radius 2 is 2.17 bits per heavy atom. The van der Waals surface area contributed by atoms with Crippen molar-refractivity contribution >= 4 is 23.8 Å². The molecule has 0 spiro atoms. The third kappa shape index (κ3) is 4.95. The molecule has 2 amide bonds. The van der Waals surface area contributed by atoms with Gasteiger partial charge in [0, 0.05) is 23.8 Å². The van der Waals surface area contributed by atoms with Crippen LogP contribution in [0.5, 0.6) is 0 Å². The molecule has 9 heteroatoms. The molecule has 2 N–H and O–H groups in total. The lowest BCUT2D eigenvalue weighted by Crippen LogP contribution is -2.50. The topological polar surface area (TPSA) is 94.5 Å². The first-order valence-corrected chi connectivity index (χ1v) is 11.2. The zero-order valence-corrected chi connectivity index (χ0v) is 18.4. The molecule has 0 aliphatic carbocycles. The summed E-state index contributed by atoms with van der Waals surface area (Å²) in [6, 6.07) is -0.649. The van der Waals surface area contributed by atoms with Gasteiger partial charge in [-0.3, -0.25) is 0 Å². The fourth-order valence-electron chi connectivity index (χ4n) is 3.65. The van der Waals surface area contributed by atoms with Crippen molar-refractivity contribution in [2.75, 3.05) is 19.0 Å². The summed E-state index contributed by atoms with van der Waals surface area (Å²) >= 11 is 1.51. The standard InChI is InChI=1S/C20H30N4O4S/c1-5-15-17(18(25)27-6-2)16(23-19(26)22-15)11-29-20-21-12(3)13(4)24(20)10-14-8-7-9-28-14/h14-15H,5-11H2,1-4H3,(H2,22,23,26). The average Bonchev–Trinajstić information content (AvgIpc) is 3.30. The van der Waals surface area contributed by atoms with Crippen LogP contribution in [0.2, 0.25) is 0 Å². The molecule has 1 aromatic heterocycles. The van der Waals surface area contributed by atoms with Crippen molar-refractivity contribution in [1.29, 1.82) is 0 Å². The zero-order chi connectivity index (χ0) is 21.0. The van der Waals surface area contributed by atoms with Gasteiger partial charge in [0.15, 0.2) is 5.16 Å². The summed E-state index contributed by atoms with van der Waals surface area (Å²) in [6.07, 6.45) is 2.96. The van der Waals surface area contributed by atoms with Crippen molar-refractivity contribution < 1.29 is 19.1 Å². The number of carbonyl (C=O) groups is 2. The number of ether oxygens (including phenoxy) is 2. The lowest BCUT2D eigenvalue weighted by molar-refractivity contribution is -0.139. The number of hydrogen-bond donors (Lipinski definition) is 2. The summed E-state index contributed by atoms with van der Waals surface area (Å²) in [5.41, 5.74) is 3.17. The second-order valence-electron chi connectivity index (χ2n) is 7.27. The molecule has 2 aliphatic heterocycles. The van der Waals surface area contributed by atoms with Gasteiger partial charge in [0.1, 0.15) is 0 Å². The maximum atomic E-state index is 12.5. The van der Waals surface area contributed by atoms with Gasteiger partial charge in [0.2, 0.25) is 0 Å². The van der Waals surface area contributed by atoms with Crippen LogP contribution in [-0.4, -0.2) is 52.7 Å². The number of aryl methyl sites for hydroxylation is 1. The van der Waals surface area contributed by atoms with Crippen LogP contribution in [-0.2, 0) is 20.8 Å². The highest BCUT2D eigenvalue weighted by Crippen LogP contribution is 2.27. The molecule has 2 aliphatic rings. The van der Waals surface area contributed by atoms with Gasteiger partial charge in [-0.1, -0.05) is 18.7 Å². The van der Waals surface area contributed by atoms with Crippen molar-refractivity contribution in [2.24, 2.45) is 0 Å². The zero-order valence-electron chi connectivity index (χ0n) is 17.5. The van der Waals surface area contributed by atoms with Gasteiger partial charge in [-0.2, -0.15) is 0 Å². The van der Waals surface area contributed by atoms with Crippen LogP contribution in [0, 0.1) is 13.8 Å². The Labute approximate surface area is 175 Å². The van der Waals surface area contributed by atoms with Gasteiger partial charge >= 0.3 is 12.0 Å². The largest absolute Gasteiger partial charge is 0.463 e. The molecule has 3 heterocycles. The molecule has 1 fully saturated rings. The van der Waals surface area contributed by atoms with Crippen molar-refractivity contribution in [3.63, 3.8) is 0 Å². The molecular formula is C20H30N4O4S. The Balaban J connectivity index is 1.83. The maximum Gasteiger partial charge on any atom is 0.337 e. The summed E-state index contributed by atoms with van der Waals surface area (Å²) < 4.78 is 13.2. The van der Waals surface area contributed by atoms with E-state index in [4.69, 9.17) is 14.5 Å². The molecule has 3 rings (SSSR count). The summed E-state index contributed by atoms with van der Waals surface area (Å²) in [7, 11) is 0. The molecule has 0 bridgehead atoms. The minimum Gasteiger partial charge on any atom is -0.463 e. The lowest BCUT2D eigenvalue weighted by atomic mass is 10.0. The van der Waals surface area contributed by atoms with Crippen molar-refractivity contribution in [1.82, 2.24) is 20.2 Å². The Morgan fingerprint density at radius 3 is 2.83 bits per heavy atom. The highest BCUT2D eigenvalue weighted by Gasteiger charge is 2.31. The summed E-state index contributed by atoms with van der Waals surface area (Å²) in [4.78, 5) is 29.3. The Kier molecular flexibility index (Phi) is 7.23. The SMILES string of the molecule is CCOC(=O)C1=C(CSc2nc(C)c(C)n2CC2CCCO2)NC(=O)NC1CC. The highest BCUT2D eigenvalue weighted by atomic mass is 32.2. The molecule has 2 unspecified atom stereocenters. The van der Waals surface area contributed by atoms with E-state index < -0.39 is 5.97 Å². The van der Waals surface area contributed by atoms with Crippen LogP contribution in [0.3, 0.4) is 0 Å². The number of carbonyl (C=O) groups excluding carboxylic acids is 2. The van der Waals surface area contributed by atoms with Gasteiger partial charge < -0.3 is 24.7 Å². The summed E-state index contributed by atoms with van der Waals surface area (Å²) in [5.74, 6) is 0.0388. The van der Waals surface area contributed by atoms with E-state index in [-0.39, 0.29) is 24.8 Å². The van der Waals surface area contributed by atoms with Crippen LogP contribution in [0.1, 0.15) is 44.5 Å². The molecule has 0 saturated carbocycles. The Bertz CT molecular complexity index is 799. The predicted octanol–water partition coefficient (Wildman–Crippen LogP) is 2.68. The van der Waals surface area contributed by atoms with E-state index in [1.165, 1.54) is 11.8 Å². The van der Waals surface area contributed by atoms with Gasteiger partial charge in [0.25, 0.3) is 0 Å². The number of nitrogens with one attached hydrogen (secondary N) is 2. The molecule has 1 saturated heterocycles. The molecule has 0 aromatic carbocycles. The fraction of sp³-hybridized carbons (Fsp3) is 0.650. The van der Waals surface area contributed by atoms with E-state index in [1.807, 2.05) is 13.8 Å². The monoisotopic (exact) mass is 422 g/mol. The number of nitrogens with zero attached hydrogens (tertiary/aromatic N) is 2. The second-order valence-corrected chi connectivity index (χ2v) is 8.21. The van der Waals surface area contributed by atoms with Crippen molar-refractivity contribution in [3.05, 3.63) is 22.7 Å². The van der Waals surface area contributed by atoms with Gasteiger partial charge in [-0.05, 0) is 40.0 Å². The highest BCUT2D eigenvalue weighted by molar-refractivity contribution is 7.99. The summed E-state index contributed by atoms with van der Waals surface area (Å²) in [5, 5.41) is 6.47. The molecule has 2 atom stereocenters. The van der Waals surface area contributed by atoms with Gasteiger partial charge in [0.05, 0.1) is 36.6 Å². The number of aromatic nitrogens is 2. The fourth-order valence-corrected chi connectivity index (χ4v) is 4.72. The quantitative estimate of drug-likeness (QED) is 0.494. The number of esters is 1. The predicted molar refractivity (Wildman–Crippen MR) is 111 cm³/mol. The molecular weight excluding hydrogens is 392 g/mol. The molecule has 0 radical (unpaired) electrons. The minimum atomic E-state index is -0.391. The first-order valence-electron chi connectivity index (χ1n) is 10.2. The van der Waals surface area contributed by atoms with E-state index in [9.17, 15) is 9.59 Å². The number of imidazole rings is 1. The number of thioether (sulfide) groups is 1. The lowest BCUT2D eigenvalue weighted by Gasteiger charge is -2.28. The third-order valence-electron chi connectivity index (χ3n) is 5.33. The molecule has 8 nitrogen and oxygen atoms in total. The van der Waals surface area contributed by atoms with E-state index in [1.54, 1.807) is 6.92 Å². The van der Waals surface area contributed by atoms with E-state index in [2.05, 4.69) is 22.1 Å². The number of urea groups is 1. The van der Waals surface area contributed by atoms with Crippen LogP contribution in [0.4, 0.5) is 4.79 Å². The van der Waals surface area contributed by atoms with E-state index >= 15 is 0 Å². The maximum absolute atomic E-state index is 12.5. The number of hydrogen-bond acceptors (Lipinski definition) is 6.